The second-order valence-electron chi connectivity index (χ2n) is 6.22. The number of ether oxygens (including phenoxy) is 1. The zero-order chi connectivity index (χ0) is 19.2. The molecular formula is C21H21BrN2O2S. The fourth-order valence-electron chi connectivity index (χ4n) is 2.63. The van der Waals surface area contributed by atoms with Crippen molar-refractivity contribution in [2.75, 3.05) is 11.9 Å². The Labute approximate surface area is 171 Å². The third kappa shape index (κ3) is 5.40. The topological polar surface area (TPSA) is 51.2 Å². The summed E-state index contributed by atoms with van der Waals surface area (Å²) in [7, 11) is 0. The summed E-state index contributed by atoms with van der Waals surface area (Å²) in [5.74, 6) is 0.749. The van der Waals surface area contributed by atoms with Crippen LogP contribution in [0.25, 0.3) is 11.3 Å². The van der Waals surface area contributed by atoms with E-state index in [0.717, 1.165) is 26.4 Å². The first kappa shape index (κ1) is 19.6. The van der Waals surface area contributed by atoms with Crippen LogP contribution in [0.5, 0.6) is 5.75 Å². The Hall–Kier alpha value is -2.18. The maximum Gasteiger partial charge on any atom is 0.226 e. The molecule has 1 amide bonds. The van der Waals surface area contributed by atoms with Crippen molar-refractivity contribution in [1.82, 2.24) is 4.98 Å². The third-order valence-corrected chi connectivity index (χ3v) is 5.49. The van der Waals surface area contributed by atoms with Crippen molar-refractivity contribution < 1.29 is 9.53 Å². The van der Waals surface area contributed by atoms with Gasteiger partial charge in [0.1, 0.15) is 5.75 Å². The predicted octanol–water partition coefficient (Wildman–Crippen LogP) is 5.99. The number of thiazole rings is 1. The SMILES string of the molecule is Cc1ccc(OCCCC(=O)Nc2nc(-c3ccccc3)c(C)s2)c(Br)c1. The summed E-state index contributed by atoms with van der Waals surface area (Å²) in [6.07, 6.45) is 1.03. The van der Waals surface area contributed by atoms with Crippen molar-refractivity contribution in [3.05, 3.63) is 63.4 Å². The summed E-state index contributed by atoms with van der Waals surface area (Å²) in [6.45, 7) is 4.53. The number of nitrogens with zero attached hydrogens (tertiary/aromatic N) is 1. The number of hydrogen-bond donors (Lipinski definition) is 1. The zero-order valence-electron chi connectivity index (χ0n) is 15.3. The minimum atomic E-state index is -0.0464. The highest BCUT2D eigenvalue weighted by Gasteiger charge is 2.12. The second-order valence-corrected chi connectivity index (χ2v) is 8.28. The number of rotatable bonds is 7. The first-order chi connectivity index (χ1) is 13.0. The summed E-state index contributed by atoms with van der Waals surface area (Å²) in [5, 5.41) is 3.53. The lowest BCUT2D eigenvalue weighted by atomic mass is 10.1. The van der Waals surface area contributed by atoms with E-state index in [2.05, 4.69) is 26.2 Å². The lowest BCUT2D eigenvalue weighted by molar-refractivity contribution is -0.116. The number of anilines is 1. The zero-order valence-corrected chi connectivity index (χ0v) is 17.7. The largest absolute Gasteiger partial charge is 0.492 e. The van der Waals surface area contributed by atoms with Crippen molar-refractivity contribution >= 4 is 38.3 Å². The van der Waals surface area contributed by atoms with Crippen LogP contribution in [-0.4, -0.2) is 17.5 Å². The molecule has 27 heavy (non-hydrogen) atoms. The average molecular weight is 445 g/mol. The molecular weight excluding hydrogens is 424 g/mol. The van der Waals surface area contributed by atoms with Crippen LogP contribution in [0.2, 0.25) is 0 Å². The normalized spacial score (nSPS) is 10.6. The van der Waals surface area contributed by atoms with Crippen molar-refractivity contribution in [1.29, 1.82) is 0 Å². The molecule has 0 saturated carbocycles. The Morgan fingerprint density at radius 2 is 1.96 bits per heavy atom. The molecule has 0 radical (unpaired) electrons. The number of carbonyl (C=O) groups is 1. The van der Waals surface area contributed by atoms with Gasteiger partial charge in [-0.1, -0.05) is 36.4 Å². The summed E-state index contributed by atoms with van der Waals surface area (Å²) in [5.41, 5.74) is 3.15. The van der Waals surface area contributed by atoms with Crippen LogP contribution in [0.15, 0.2) is 53.0 Å². The highest BCUT2D eigenvalue weighted by atomic mass is 79.9. The maximum atomic E-state index is 12.2. The van der Waals surface area contributed by atoms with E-state index in [4.69, 9.17) is 4.74 Å². The molecule has 4 nitrogen and oxygen atoms in total. The van der Waals surface area contributed by atoms with Crippen molar-refractivity contribution in [2.45, 2.75) is 26.7 Å². The van der Waals surface area contributed by atoms with Gasteiger partial charge in [0.25, 0.3) is 0 Å². The van der Waals surface area contributed by atoms with E-state index in [0.29, 0.717) is 24.6 Å². The molecule has 1 heterocycles. The summed E-state index contributed by atoms with van der Waals surface area (Å²) < 4.78 is 6.66. The van der Waals surface area contributed by atoms with Crippen LogP contribution in [0.1, 0.15) is 23.3 Å². The van der Waals surface area contributed by atoms with Gasteiger partial charge in [-0.25, -0.2) is 4.98 Å². The number of hydrogen-bond acceptors (Lipinski definition) is 4. The number of benzene rings is 2. The molecule has 0 fully saturated rings. The van der Waals surface area contributed by atoms with Gasteiger partial charge in [-0.2, -0.15) is 0 Å². The number of nitrogens with one attached hydrogen (secondary N) is 1. The minimum Gasteiger partial charge on any atom is -0.492 e. The Morgan fingerprint density at radius 1 is 1.19 bits per heavy atom. The van der Waals surface area contributed by atoms with Gasteiger partial charge < -0.3 is 10.1 Å². The van der Waals surface area contributed by atoms with Crippen molar-refractivity contribution in [3.8, 4) is 17.0 Å². The molecule has 140 valence electrons. The molecule has 0 aliphatic carbocycles. The number of aromatic nitrogens is 1. The van der Waals surface area contributed by atoms with Gasteiger partial charge in [-0.15, -0.1) is 11.3 Å². The van der Waals surface area contributed by atoms with Crippen LogP contribution in [0, 0.1) is 13.8 Å². The van der Waals surface area contributed by atoms with E-state index in [1.807, 2.05) is 62.4 Å². The van der Waals surface area contributed by atoms with Gasteiger partial charge in [0.15, 0.2) is 5.13 Å². The number of carbonyl (C=O) groups excluding carboxylic acids is 1. The van der Waals surface area contributed by atoms with Crippen molar-refractivity contribution in [3.63, 3.8) is 0 Å². The molecule has 0 aliphatic heterocycles. The van der Waals surface area contributed by atoms with E-state index in [1.165, 1.54) is 16.9 Å². The van der Waals surface area contributed by atoms with E-state index in [-0.39, 0.29) is 5.91 Å². The van der Waals surface area contributed by atoms with Crippen LogP contribution >= 0.6 is 27.3 Å². The molecule has 1 N–H and O–H groups in total. The molecule has 2 aromatic carbocycles. The fraction of sp³-hybridized carbons (Fsp3) is 0.238. The smallest absolute Gasteiger partial charge is 0.226 e. The van der Waals surface area contributed by atoms with E-state index in [1.54, 1.807) is 0 Å². The molecule has 0 aliphatic rings. The quantitative estimate of drug-likeness (QED) is 0.455. The Balaban J connectivity index is 1.48. The van der Waals surface area contributed by atoms with E-state index < -0.39 is 0 Å². The standard InChI is InChI=1S/C21H21BrN2O2S/c1-14-10-11-18(17(22)13-14)26-12-6-9-19(25)23-21-24-20(15(2)27-21)16-7-4-3-5-8-16/h3-5,7-8,10-11,13H,6,9,12H2,1-2H3,(H,23,24,25). The summed E-state index contributed by atoms with van der Waals surface area (Å²) in [6, 6.07) is 15.9. The monoisotopic (exact) mass is 444 g/mol. The Morgan fingerprint density at radius 3 is 2.70 bits per heavy atom. The predicted molar refractivity (Wildman–Crippen MR) is 115 cm³/mol. The molecule has 3 aromatic rings. The van der Waals surface area contributed by atoms with Gasteiger partial charge >= 0.3 is 0 Å². The van der Waals surface area contributed by atoms with E-state index >= 15 is 0 Å². The summed E-state index contributed by atoms with van der Waals surface area (Å²) >= 11 is 4.99. The van der Waals surface area contributed by atoms with E-state index in [9.17, 15) is 4.79 Å². The van der Waals surface area contributed by atoms with Gasteiger partial charge in [0, 0.05) is 16.9 Å². The average Bonchev–Trinajstić information content (AvgIpc) is 3.01. The molecule has 1 aromatic heterocycles. The lowest BCUT2D eigenvalue weighted by Gasteiger charge is -2.08. The van der Waals surface area contributed by atoms with Crippen molar-refractivity contribution in [2.24, 2.45) is 0 Å². The molecule has 0 unspecified atom stereocenters. The maximum absolute atomic E-state index is 12.2. The molecule has 6 heteroatoms. The lowest BCUT2D eigenvalue weighted by Crippen LogP contribution is -2.12. The molecule has 0 saturated heterocycles. The van der Waals surface area contributed by atoms with Crippen LogP contribution in [0.3, 0.4) is 0 Å². The van der Waals surface area contributed by atoms with Gasteiger partial charge in [0.05, 0.1) is 16.8 Å². The third-order valence-electron chi connectivity index (χ3n) is 3.98. The Bertz CT molecular complexity index is 925. The van der Waals surface area contributed by atoms with Crippen LogP contribution < -0.4 is 10.1 Å². The van der Waals surface area contributed by atoms with Crippen LogP contribution in [0.4, 0.5) is 5.13 Å². The molecule has 0 bridgehead atoms. The minimum absolute atomic E-state index is 0.0464. The fourth-order valence-corrected chi connectivity index (χ4v) is 4.09. The van der Waals surface area contributed by atoms with Gasteiger partial charge in [0.2, 0.25) is 5.91 Å². The molecule has 3 rings (SSSR count). The number of amides is 1. The molecule has 0 atom stereocenters. The first-order valence-electron chi connectivity index (χ1n) is 8.74. The number of aryl methyl sites for hydroxylation is 2. The Kier molecular flexibility index (Phi) is 6.63. The van der Waals surface area contributed by atoms with Gasteiger partial charge in [-0.3, -0.25) is 4.79 Å². The first-order valence-corrected chi connectivity index (χ1v) is 10.4. The summed E-state index contributed by atoms with van der Waals surface area (Å²) in [4.78, 5) is 17.8. The number of halogens is 1. The van der Waals surface area contributed by atoms with Crippen LogP contribution in [-0.2, 0) is 4.79 Å². The van der Waals surface area contributed by atoms with Gasteiger partial charge in [-0.05, 0) is 53.9 Å². The second kappa shape index (κ2) is 9.15. The molecule has 0 spiro atoms. The highest BCUT2D eigenvalue weighted by molar-refractivity contribution is 9.10. The highest BCUT2D eigenvalue weighted by Crippen LogP contribution is 2.30.